The van der Waals surface area contributed by atoms with Crippen LogP contribution in [0.2, 0.25) is 0 Å². The highest BCUT2D eigenvalue weighted by molar-refractivity contribution is 5.82. The average Bonchev–Trinajstić information content (AvgIpc) is 2.63. The second kappa shape index (κ2) is 10.5. The Morgan fingerprint density at radius 1 is 0.750 bits per heavy atom. The summed E-state index contributed by atoms with van der Waals surface area (Å²) in [5, 5.41) is 0. The van der Waals surface area contributed by atoms with Crippen LogP contribution in [0.3, 0.4) is 0 Å². The van der Waals surface area contributed by atoms with Gasteiger partial charge in [-0.25, -0.2) is 0 Å². The molecule has 3 heteroatoms. The Kier molecular flexibility index (Phi) is 7.88. The number of rotatable bonds is 10. The first-order valence-corrected chi connectivity index (χ1v) is 8.81. The maximum absolute atomic E-state index is 5.66. The summed E-state index contributed by atoms with van der Waals surface area (Å²) in [4.78, 5) is 4.50. The third-order valence-corrected chi connectivity index (χ3v) is 3.61. The van der Waals surface area contributed by atoms with Crippen LogP contribution < -0.4 is 9.47 Å². The van der Waals surface area contributed by atoms with Crippen LogP contribution in [0.25, 0.3) is 0 Å². The predicted octanol–water partition coefficient (Wildman–Crippen LogP) is 5.80. The predicted molar refractivity (Wildman–Crippen MR) is 101 cm³/mol. The van der Waals surface area contributed by atoms with Gasteiger partial charge in [0.25, 0.3) is 0 Å². The van der Waals surface area contributed by atoms with Gasteiger partial charge in [-0.2, -0.15) is 0 Å². The molecule has 0 amide bonds. The van der Waals surface area contributed by atoms with Gasteiger partial charge in [0.1, 0.15) is 11.5 Å². The highest BCUT2D eigenvalue weighted by Crippen LogP contribution is 2.19. The van der Waals surface area contributed by atoms with Gasteiger partial charge in [0.05, 0.1) is 18.9 Å². The zero-order valence-electron chi connectivity index (χ0n) is 14.7. The fraction of sp³-hybridized carbons (Fsp3) is 0.381. The van der Waals surface area contributed by atoms with Crippen molar-refractivity contribution in [2.45, 2.75) is 39.5 Å². The van der Waals surface area contributed by atoms with E-state index < -0.39 is 0 Å². The van der Waals surface area contributed by atoms with E-state index in [1.807, 2.05) is 54.7 Å². The highest BCUT2D eigenvalue weighted by Gasteiger charge is 1.96. The van der Waals surface area contributed by atoms with Crippen LogP contribution in [0.1, 0.15) is 45.1 Å². The molecule has 0 aliphatic heterocycles. The molecule has 0 heterocycles. The van der Waals surface area contributed by atoms with E-state index in [0.717, 1.165) is 61.6 Å². The van der Waals surface area contributed by atoms with Gasteiger partial charge in [-0.3, -0.25) is 4.99 Å². The number of nitrogens with zero attached hydrogens (tertiary/aromatic N) is 1. The molecule has 0 aliphatic carbocycles. The number of hydrogen-bond acceptors (Lipinski definition) is 3. The maximum Gasteiger partial charge on any atom is 0.119 e. The minimum atomic E-state index is 0.770. The molecule has 0 saturated carbocycles. The lowest BCUT2D eigenvalue weighted by molar-refractivity contribution is 0.309. The molecule has 2 aromatic rings. The van der Waals surface area contributed by atoms with Gasteiger partial charge < -0.3 is 9.47 Å². The first-order valence-electron chi connectivity index (χ1n) is 8.81. The van der Waals surface area contributed by atoms with E-state index in [-0.39, 0.29) is 0 Å². The van der Waals surface area contributed by atoms with Crippen LogP contribution >= 0.6 is 0 Å². The molecule has 0 aromatic heterocycles. The van der Waals surface area contributed by atoms with Crippen molar-refractivity contribution >= 4 is 11.9 Å². The first kappa shape index (κ1) is 18.1. The van der Waals surface area contributed by atoms with E-state index in [2.05, 4.69) is 18.8 Å². The Bertz CT molecular complexity index is 547. The Morgan fingerprint density at radius 3 is 1.75 bits per heavy atom. The molecule has 0 spiro atoms. The van der Waals surface area contributed by atoms with E-state index in [9.17, 15) is 0 Å². The quantitative estimate of drug-likeness (QED) is 0.408. The van der Waals surface area contributed by atoms with Crippen LogP contribution in [-0.4, -0.2) is 19.4 Å². The molecule has 2 rings (SSSR count). The van der Waals surface area contributed by atoms with Gasteiger partial charge in [0, 0.05) is 6.21 Å². The molecule has 0 N–H and O–H groups in total. The lowest BCUT2D eigenvalue weighted by Crippen LogP contribution is -1.96. The van der Waals surface area contributed by atoms with Crippen LogP contribution in [0, 0.1) is 0 Å². The fourth-order valence-electron chi connectivity index (χ4n) is 2.10. The molecule has 0 unspecified atom stereocenters. The summed E-state index contributed by atoms with van der Waals surface area (Å²) >= 11 is 0. The molecule has 24 heavy (non-hydrogen) atoms. The molecule has 0 radical (unpaired) electrons. The average molecular weight is 325 g/mol. The van der Waals surface area contributed by atoms with Crippen molar-refractivity contribution in [3.05, 3.63) is 54.1 Å². The lowest BCUT2D eigenvalue weighted by Gasteiger charge is -2.05. The molecular weight excluding hydrogens is 298 g/mol. The second-order valence-electron chi connectivity index (χ2n) is 5.73. The Labute approximate surface area is 145 Å². The van der Waals surface area contributed by atoms with E-state index in [4.69, 9.17) is 9.47 Å². The smallest absolute Gasteiger partial charge is 0.119 e. The number of unbranched alkanes of at least 4 members (excludes halogenated alkanes) is 2. The second-order valence-corrected chi connectivity index (χ2v) is 5.73. The zero-order chi connectivity index (χ0) is 17.0. The van der Waals surface area contributed by atoms with Crippen molar-refractivity contribution in [3.8, 4) is 11.5 Å². The van der Waals surface area contributed by atoms with Gasteiger partial charge in [-0.15, -0.1) is 0 Å². The molecular formula is C21H27NO2. The molecule has 0 fully saturated rings. The molecule has 0 bridgehead atoms. The maximum atomic E-state index is 5.66. The van der Waals surface area contributed by atoms with Crippen molar-refractivity contribution in [1.29, 1.82) is 0 Å². The van der Waals surface area contributed by atoms with Gasteiger partial charge in [0.2, 0.25) is 0 Å². The van der Waals surface area contributed by atoms with E-state index >= 15 is 0 Å². The molecule has 3 nitrogen and oxygen atoms in total. The number of hydrogen-bond donors (Lipinski definition) is 0. The van der Waals surface area contributed by atoms with Gasteiger partial charge in [-0.05, 0) is 66.9 Å². The van der Waals surface area contributed by atoms with Crippen LogP contribution in [-0.2, 0) is 0 Å². The molecule has 0 atom stereocenters. The van der Waals surface area contributed by atoms with Crippen LogP contribution in [0.4, 0.5) is 5.69 Å². The van der Waals surface area contributed by atoms with Crippen molar-refractivity contribution in [2.24, 2.45) is 4.99 Å². The fourth-order valence-corrected chi connectivity index (χ4v) is 2.10. The topological polar surface area (TPSA) is 30.8 Å². The van der Waals surface area contributed by atoms with Crippen molar-refractivity contribution in [2.75, 3.05) is 13.2 Å². The van der Waals surface area contributed by atoms with Crippen molar-refractivity contribution < 1.29 is 9.47 Å². The van der Waals surface area contributed by atoms with Gasteiger partial charge in [-0.1, -0.05) is 26.7 Å². The third-order valence-electron chi connectivity index (χ3n) is 3.61. The standard InChI is InChI=1S/C21H27NO2/c1-3-5-15-23-20-11-7-18(8-12-20)17-22-19-9-13-21(14-10-19)24-16-6-4-2/h7-14,17H,3-6,15-16H2,1-2H3/b22-17+. The Hall–Kier alpha value is -2.29. The van der Waals surface area contributed by atoms with Crippen LogP contribution in [0.15, 0.2) is 53.5 Å². The van der Waals surface area contributed by atoms with Gasteiger partial charge in [0.15, 0.2) is 0 Å². The zero-order valence-corrected chi connectivity index (χ0v) is 14.7. The largest absolute Gasteiger partial charge is 0.494 e. The Balaban J connectivity index is 1.86. The van der Waals surface area contributed by atoms with Crippen molar-refractivity contribution in [3.63, 3.8) is 0 Å². The summed E-state index contributed by atoms with van der Waals surface area (Å²) in [5.41, 5.74) is 1.97. The normalized spacial score (nSPS) is 10.9. The minimum Gasteiger partial charge on any atom is -0.494 e. The summed E-state index contributed by atoms with van der Waals surface area (Å²) < 4.78 is 11.3. The number of benzene rings is 2. The lowest BCUT2D eigenvalue weighted by atomic mass is 10.2. The highest BCUT2D eigenvalue weighted by atomic mass is 16.5. The molecule has 0 saturated heterocycles. The van der Waals surface area contributed by atoms with E-state index in [1.54, 1.807) is 0 Å². The summed E-state index contributed by atoms with van der Waals surface area (Å²) in [5.74, 6) is 1.81. The van der Waals surface area contributed by atoms with E-state index in [0.29, 0.717) is 0 Å². The van der Waals surface area contributed by atoms with Gasteiger partial charge >= 0.3 is 0 Å². The first-order chi connectivity index (χ1) is 11.8. The summed E-state index contributed by atoms with van der Waals surface area (Å²) in [6.45, 7) is 5.86. The summed E-state index contributed by atoms with van der Waals surface area (Å²) in [6.07, 6.45) is 6.32. The monoisotopic (exact) mass is 325 g/mol. The van der Waals surface area contributed by atoms with Crippen molar-refractivity contribution in [1.82, 2.24) is 0 Å². The Morgan fingerprint density at radius 2 is 1.25 bits per heavy atom. The minimum absolute atomic E-state index is 0.770. The molecule has 2 aromatic carbocycles. The molecule has 0 aliphatic rings. The van der Waals surface area contributed by atoms with Crippen LogP contribution in [0.5, 0.6) is 11.5 Å². The molecule has 128 valence electrons. The summed E-state index contributed by atoms with van der Waals surface area (Å²) in [6, 6.07) is 15.9. The summed E-state index contributed by atoms with van der Waals surface area (Å²) in [7, 11) is 0. The SMILES string of the molecule is CCCCOc1ccc(/C=N/c2ccc(OCCCC)cc2)cc1. The number of ether oxygens (including phenoxy) is 2. The van der Waals surface area contributed by atoms with E-state index in [1.165, 1.54) is 0 Å². The number of aliphatic imine (C=N–C) groups is 1. The third kappa shape index (κ3) is 6.45.